The summed E-state index contributed by atoms with van der Waals surface area (Å²) in [6, 6.07) is 2.06. The summed E-state index contributed by atoms with van der Waals surface area (Å²) >= 11 is 0. The summed E-state index contributed by atoms with van der Waals surface area (Å²) in [5.74, 6) is -0.244. The first-order valence-corrected chi connectivity index (χ1v) is 8.56. The molecule has 0 aromatic carbocycles. The predicted octanol–water partition coefficient (Wildman–Crippen LogP) is 1.51. The Balaban J connectivity index is 1.75. The van der Waals surface area contributed by atoms with E-state index in [2.05, 4.69) is 20.9 Å². The molecule has 0 spiro atoms. The molecule has 2 aromatic heterocycles. The Labute approximate surface area is 146 Å². The first-order valence-electron chi connectivity index (χ1n) is 8.56. The Morgan fingerprint density at radius 2 is 2.08 bits per heavy atom. The molecule has 0 saturated carbocycles. The Hall–Kier alpha value is -2.83. The number of rotatable bonds is 5. The molecule has 1 saturated heterocycles. The van der Waals surface area contributed by atoms with Gasteiger partial charge in [-0.05, 0) is 18.6 Å². The Bertz CT molecular complexity index is 803. The van der Waals surface area contributed by atoms with Crippen molar-refractivity contribution in [3.05, 3.63) is 30.1 Å². The maximum atomic E-state index is 12.0. The number of fused-ring (bicyclic) bond motifs is 1. The van der Waals surface area contributed by atoms with Crippen molar-refractivity contribution in [2.24, 2.45) is 5.73 Å². The molecule has 1 fully saturated rings. The minimum atomic E-state index is -0.480. The van der Waals surface area contributed by atoms with Gasteiger partial charge in [0, 0.05) is 55.8 Å². The van der Waals surface area contributed by atoms with E-state index < -0.39 is 5.91 Å². The van der Waals surface area contributed by atoms with E-state index in [1.54, 1.807) is 6.08 Å². The lowest BCUT2D eigenvalue weighted by Gasteiger charge is -2.36. The smallest absolute Gasteiger partial charge is 0.241 e. The van der Waals surface area contributed by atoms with Gasteiger partial charge in [0.1, 0.15) is 5.65 Å². The Kier molecular flexibility index (Phi) is 5.02. The third kappa shape index (κ3) is 3.81. The second kappa shape index (κ2) is 7.38. The average molecular weight is 341 g/mol. The van der Waals surface area contributed by atoms with Crippen LogP contribution in [0.5, 0.6) is 0 Å². The number of carbonyl (C=O) groups excluding carboxylic acids is 2. The van der Waals surface area contributed by atoms with Crippen molar-refractivity contribution in [3.8, 4) is 0 Å². The van der Waals surface area contributed by atoms with Gasteiger partial charge in [-0.1, -0.05) is 6.92 Å². The van der Waals surface area contributed by atoms with Crippen LogP contribution >= 0.6 is 0 Å². The maximum Gasteiger partial charge on any atom is 0.241 e. The number of anilines is 1. The zero-order valence-corrected chi connectivity index (χ0v) is 14.4. The first-order chi connectivity index (χ1) is 12.1. The van der Waals surface area contributed by atoms with E-state index in [0.29, 0.717) is 6.42 Å². The number of hydrogen-bond acceptors (Lipinski definition) is 4. The largest absolute Gasteiger partial charge is 0.367 e. The number of nitrogens with zero attached hydrogens (tertiary/aromatic N) is 3. The van der Waals surface area contributed by atoms with Crippen molar-refractivity contribution >= 4 is 34.6 Å². The molecule has 0 bridgehead atoms. The van der Waals surface area contributed by atoms with Gasteiger partial charge >= 0.3 is 0 Å². The van der Waals surface area contributed by atoms with E-state index in [9.17, 15) is 9.59 Å². The third-order valence-corrected chi connectivity index (χ3v) is 4.44. The molecule has 2 aromatic rings. The van der Waals surface area contributed by atoms with Crippen LogP contribution in [0, 0.1) is 0 Å². The normalized spacial score (nSPS) is 15.2. The second-order valence-corrected chi connectivity index (χ2v) is 6.19. The van der Waals surface area contributed by atoms with Crippen molar-refractivity contribution in [1.29, 1.82) is 0 Å². The lowest BCUT2D eigenvalue weighted by Crippen LogP contribution is -2.48. The number of nitrogens with one attached hydrogen (secondary N) is 1. The predicted molar refractivity (Wildman–Crippen MR) is 98.0 cm³/mol. The van der Waals surface area contributed by atoms with Gasteiger partial charge in [-0.15, -0.1) is 0 Å². The molecular weight excluding hydrogens is 318 g/mol. The van der Waals surface area contributed by atoms with E-state index in [-0.39, 0.29) is 5.91 Å². The van der Waals surface area contributed by atoms with Crippen molar-refractivity contribution in [2.45, 2.75) is 19.8 Å². The number of primary amides is 1. The fraction of sp³-hybridized carbons (Fsp3) is 0.389. The number of amides is 2. The van der Waals surface area contributed by atoms with Crippen LogP contribution in [0.3, 0.4) is 0 Å². The van der Waals surface area contributed by atoms with Crippen LogP contribution in [0.15, 0.2) is 24.5 Å². The molecule has 3 heterocycles. The standard InChI is InChI=1S/C18H23N5O2/c1-2-3-17(25)23-8-6-22(7-9-23)14-10-15-13(4-5-16(19)24)11-20-18(15)21-12-14/h4-5,10-12H,2-3,6-9H2,1H3,(H2,19,24)(H,20,21)/b5-4+. The molecule has 3 rings (SSSR count). The van der Waals surface area contributed by atoms with E-state index in [1.807, 2.05) is 24.2 Å². The number of H-pyrrole nitrogens is 1. The summed E-state index contributed by atoms with van der Waals surface area (Å²) in [6.45, 7) is 5.08. The summed E-state index contributed by atoms with van der Waals surface area (Å²) in [5, 5.41) is 0.944. The van der Waals surface area contributed by atoms with Gasteiger partial charge in [0.2, 0.25) is 11.8 Å². The van der Waals surface area contributed by atoms with Crippen molar-refractivity contribution in [2.75, 3.05) is 31.1 Å². The number of aromatic nitrogens is 2. The average Bonchev–Trinajstić information content (AvgIpc) is 3.02. The summed E-state index contributed by atoms with van der Waals surface area (Å²) in [7, 11) is 0. The zero-order chi connectivity index (χ0) is 17.8. The van der Waals surface area contributed by atoms with Gasteiger partial charge in [-0.2, -0.15) is 0 Å². The molecule has 7 nitrogen and oxygen atoms in total. The van der Waals surface area contributed by atoms with E-state index >= 15 is 0 Å². The maximum absolute atomic E-state index is 12.0. The number of pyridine rings is 1. The molecule has 132 valence electrons. The fourth-order valence-corrected chi connectivity index (χ4v) is 3.08. The van der Waals surface area contributed by atoms with Gasteiger partial charge < -0.3 is 20.5 Å². The van der Waals surface area contributed by atoms with E-state index in [1.165, 1.54) is 6.08 Å². The first kappa shape index (κ1) is 17.0. The van der Waals surface area contributed by atoms with Crippen LogP contribution in [-0.2, 0) is 9.59 Å². The zero-order valence-electron chi connectivity index (χ0n) is 14.4. The highest BCUT2D eigenvalue weighted by atomic mass is 16.2. The Morgan fingerprint density at radius 3 is 2.76 bits per heavy atom. The van der Waals surface area contributed by atoms with Crippen molar-refractivity contribution < 1.29 is 9.59 Å². The number of carbonyl (C=O) groups is 2. The highest BCUT2D eigenvalue weighted by molar-refractivity contribution is 5.95. The van der Waals surface area contributed by atoms with Crippen LogP contribution in [0.1, 0.15) is 25.3 Å². The molecule has 0 unspecified atom stereocenters. The third-order valence-electron chi connectivity index (χ3n) is 4.44. The molecule has 7 heteroatoms. The second-order valence-electron chi connectivity index (χ2n) is 6.19. The van der Waals surface area contributed by atoms with Gasteiger partial charge in [0.25, 0.3) is 0 Å². The van der Waals surface area contributed by atoms with Crippen molar-refractivity contribution in [3.63, 3.8) is 0 Å². The van der Waals surface area contributed by atoms with Crippen LogP contribution < -0.4 is 10.6 Å². The molecule has 1 aliphatic heterocycles. The molecule has 3 N–H and O–H groups in total. The quantitative estimate of drug-likeness (QED) is 0.806. The van der Waals surface area contributed by atoms with E-state index in [0.717, 1.165) is 54.9 Å². The summed E-state index contributed by atoms with van der Waals surface area (Å²) < 4.78 is 0. The fourth-order valence-electron chi connectivity index (χ4n) is 3.08. The van der Waals surface area contributed by atoms with Crippen LogP contribution in [0.25, 0.3) is 17.1 Å². The van der Waals surface area contributed by atoms with Crippen LogP contribution in [-0.4, -0.2) is 52.9 Å². The molecular formula is C18H23N5O2. The van der Waals surface area contributed by atoms with Gasteiger partial charge in [0.15, 0.2) is 0 Å². The van der Waals surface area contributed by atoms with E-state index in [4.69, 9.17) is 5.73 Å². The topological polar surface area (TPSA) is 95.3 Å². The monoisotopic (exact) mass is 341 g/mol. The highest BCUT2D eigenvalue weighted by Crippen LogP contribution is 2.24. The number of nitrogens with two attached hydrogens (primary N) is 1. The summed E-state index contributed by atoms with van der Waals surface area (Å²) in [6.07, 6.45) is 8.18. The summed E-state index contributed by atoms with van der Waals surface area (Å²) in [5.41, 5.74) is 7.83. The summed E-state index contributed by atoms with van der Waals surface area (Å²) in [4.78, 5) is 34.7. The van der Waals surface area contributed by atoms with Gasteiger partial charge in [-0.25, -0.2) is 4.98 Å². The Morgan fingerprint density at radius 1 is 1.32 bits per heavy atom. The molecule has 0 atom stereocenters. The number of piperazine rings is 1. The van der Waals surface area contributed by atoms with Crippen molar-refractivity contribution in [1.82, 2.24) is 14.9 Å². The minimum Gasteiger partial charge on any atom is -0.367 e. The SMILES string of the molecule is CCCC(=O)N1CCN(c2cnc3[nH]cc(/C=C/C(N)=O)c3c2)CC1. The van der Waals surface area contributed by atoms with Crippen LogP contribution in [0.2, 0.25) is 0 Å². The molecule has 1 aliphatic rings. The number of hydrogen-bond donors (Lipinski definition) is 2. The van der Waals surface area contributed by atoms with Gasteiger partial charge in [-0.3, -0.25) is 9.59 Å². The van der Waals surface area contributed by atoms with Crippen LogP contribution in [0.4, 0.5) is 5.69 Å². The lowest BCUT2D eigenvalue weighted by molar-refractivity contribution is -0.131. The molecule has 0 radical (unpaired) electrons. The molecule has 25 heavy (non-hydrogen) atoms. The number of aromatic amines is 1. The lowest BCUT2D eigenvalue weighted by atomic mass is 10.1. The minimum absolute atomic E-state index is 0.236. The molecule has 2 amide bonds. The van der Waals surface area contributed by atoms with Gasteiger partial charge in [0.05, 0.1) is 11.9 Å². The highest BCUT2D eigenvalue weighted by Gasteiger charge is 2.21. The molecule has 0 aliphatic carbocycles.